The van der Waals surface area contributed by atoms with Gasteiger partial charge in [0.25, 0.3) is 0 Å². The zero-order valence-electron chi connectivity index (χ0n) is 10.8. The molecule has 0 saturated carbocycles. The van der Waals surface area contributed by atoms with Gasteiger partial charge in [0.05, 0.1) is 19.2 Å². The summed E-state index contributed by atoms with van der Waals surface area (Å²) in [5.74, 6) is 0.978. The third-order valence-electron chi connectivity index (χ3n) is 3.03. The van der Waals surface area contributed by atoms with Gasteiger partial charge in [-0.1, -0.05) is 17.7 Å². The second-order valence-electron chi connectivity index (χ2n) is 4.06. The van der Waals surface area contributed by atoms with Crippen molar-refractivity contribution in [2.45, 2.75) is 6.04 Å². The van der Waals surface area contributed by atoms with Crippen molar-refractivity contribution in [3.63, 3.8) is 0 Å². The van der Waals surface area contributed by atoms with Crippen molar-refractivity contribution >= 4 is 23.5 Å². The molecule has 0 spiro atoms. The van der Waals surface area contributed by atoms with Gasteiger partial charge >= 0.3 is 6.03 Å². The lowest BCUT2D eigenvalue weighted by Crippen LogP contribution is -2.25. The summed E-state index contributed by atoms with van der Waals surface area (Å²) in [6.07, 6.45) is 0. The van der Waals surface area contributed by atoms with Crippen LogP contribution in [0.3, 0.4) is 0 Å². The molecule has 1 saturated heterocycles. The maximum Gasteiger partial charge on any atom is 0.323 e. The van der Waals surface area contributed by atoms with Crippen molar-refractivity contribution in [3.8, 4) is 11.5 Å². The van der Waals surface area contributed by atoms with Crippen LogP contribution in [0.15, 0.2) is 12.1 Å². The Bertz CT molecular complexity index is 547. The van der Waals surface area contributed by atoms with Gasteiger partial charge in [-0.2, -0.15) is 0 Å². The summed E-state index contributed by atoms with van der Waals surface area (Å²) < 4.78 is 10.4. The highest BCUT2D eigenvalue weighted by molar-refractivity contribution is 6.33. The largest absolute Gasteiger partial charge is 0.493 e. The SMILES string of the molecule is COc1ccc(C2C(=N)NC(=O)N2C)c(Cl)c1OC. The number of nitrogens with zero attached hydrogens (tertiary/aromatic N) is 1. The van der Waals surface area contributed by atoms with E-state index in [1.54, 1.807) is 19.2 Å². The average Bonchev–Trinajstić information content (AvgIpc) is 2.63. The molecule has 19 heavy (non-hydrogen) atoms. The second-order valence-corrected chi connectivity index (χ2v) is 4.44. The first-order chi connectivity index (χ1) is 9.01. The highest BCUT2D eigenvalue weighted by atomic mass is 35.5. The lowest BCUT2D eigenvalue weighted by Gasteiger charge is -2.21. The summed E-state index contributed by atoms with van der Waals surface area (Å²) in [5, 5.41) is 10.6. The summed E-state index contributed by atoms with van der Waals surface area (Å²) >= 11 is 6.28. The van der Waals surface area contributed by atoms with Crippen LogP contribution in [0, 0.1) is 5.41 Å². The molecule has 1 aliphatic rings. The Kier molecular flexibility index (Phi) is 3.53. The van der Waals surface area contributed by atoms with Gasteiger partial charge in [0.2, 0.25) is 0 Å². The molecule has 0 bridgehead atoms. The van der Waals surface area contributed by atoms with Gasteiger partial charge in [0, 0.05) is 12.6 Å². The van der Waals surface area contributed by atoms with Crippen LogP contribution in [0.4, 0.5) is 4.79 Å². The van der Waals surface area contributed by atoms with E-state index in [1.165, 1.54) is 19.1 Å². The first-order valence-corrected chi connectivity index (χ1v) is 5.91. The fraction of sp³-hybridized carbons (Fsp3) is 0.333. The molecule has 2 amide bonds. The molecule has 102 valence electrons. The number of urea groups is 1. The molecular formula is C12H14ClN3O3. The van der Waals surface area contributed by atoms with Crippen LogP contribution in [-0.4, -0.2) is 38.0 Å². The Balaban J connectivity index is 2.52. The predicted octanol–water partition coefficient (Wildman–Crippen LogP) is 2.03. The minimum atomic E-state index is -0.542. The summed E-state index contributed by atoms with van der Waals surface area (Å²) in [7, 11) is 4.61. The monoisotopic (exact) mass is 283 g/mol. The number of halogens is 1. The Morgan fingerprint density at radius 2 is 2.05 bits per heavy atom. The molecule has 1 aromatic rings. The van der Waals surface area contributed by atoms with Crippen LogP contribution in [-0.2, 0) is 0 Å². The highest BCUT2D eigenvalue weighted by Gasteiger charge is 2.36. The summed E-state index contributed by atoms with van der Waals surface area (Å²) in [4.78, 5) is 12.9. The van der Waals surface area contributed by atoms with Gasteiger partial charge in [0.1, 0.15) is 11.9 Å². The number of likely N-dealkylation sites (N-methyl/N-ethyl adjacent to an activating group) is 1. The van der Waals surface area contributed by atoms with Crippen LogP contribution in [0.5, 0.6) is 11.5 Å². The minimum Gasteiger partial charge on any atom is -0.493 e. The molecule has 0 radical (unpaired) electrons. The van der Waals surface area contributed by atoms with Crippen molar-refractivity contribution in [2.75, 3.05) is 21.3 Å². The number of methoxy groups -OCH3 is 2. The fourth-order valence-corrected chi connectivity index (χ4v) is 2.40. The Labute approximate surface area is 115 Å². The molecule has 1 fully saturated rings. The van der Waals surface area contributed by atoms with E-state index in [1.807, 2.05) is 0 Å². The molecule has 1 aromatic carbocycles. The molecule has 7 heteroatoms. The van der Waals surface area contributed by atoms with Crippen molar-refractivity contribution in [1.82, 2.24) is 10.2 Å². The van der Waals surface area contributed by atoms with E-state index >= 15 is 0 Å². The quantitative estimate of drug-likeness (QED) is 0.891. The number of amidine groups is 1. The Hall–Kier alpha value is -1.95. The minimum absolute atomic E-state index is 0.0848. The maximum atomic E-state index is 11.5. The smallest absolute Gasteiger partial charge is 0.323 e. The number of rotatable bonds is 3. The van der Waals surface area contributed by atoms with Crippen LogP contribution in [0.1, 0.15) is 11.6 Å². The maximum absolute atomic E-state index is 11.5. The van der Waals surface area contributed by atoms with E-state index < -0.39 is 6.04 Å². The second kappa shape index (κ2) is 4.97. The third-order valence-corrected chi connectivity index (χ3v) is 3.42. The molecule has 1 unspecified atom stereocenters. The van der Waals surface area contributed by atoms with Crippen LogP contribution >= 0.6 is 11.6 Å². The van der Waals surface area contributed by atoms with Crippen molar-refractivity contribution < 1.29 is 14.3 Å². The topological polar surface area (TPSA) is 74.7 Å². The lowest BCUT2D eigenvalue weighted by atomic mass is 10.0. The number of hydrogen-bond acceptors (Lipinski definition) is 4. The molecule has 6 nitrogen and oxygen atoms in total. The number of nitrogens with one attached hydrogen (secondary N) is 2. The Morgan fingerprint density at radius 3 is 2.53 bits per heavy atom. The highest BCUT2D eigenvalue weighted by Crippen LogP contribution is 2.41. The van der Waals surface area contributed by atoms with E-state index in [0.717, 1.165) is 0 Å². The predicted molar refractivity (Wildman–Crippen MR) is 71.3 cm³/mol. The van der Waals surface area contributed by atoms with Gasteiger partial charge in [-0.3, -0.25) is 10.7 Å². The number of carbonyl (C=O) groups is 1. The number of ether oxygens (including phenoxy) is 2. The molecule has 1 heterocycles. The molecule has 2 rings (SSSR count). The summed E-state index contributed by atoms with van der Waals surface area (Å²) in [5.41, 5.74) is 0.616. The zero-order valence-corrected chi connectivity index (χ0v) is 11.5. The first-order valence-electron chi connectivity index (χ1n) is 5.53. The van der Waals surface area contributed by atoms with E-state index in [0.29, 0.717) is 22.1 Å². The first kappa shape index (κ1) is 13.5. The third kappa shape index (κ3) is 2.08. The van der Waals surface area contributed by atoms with E-state index in [2.05, 4.69) is 5.32 Å². The van der Waals surface area contributed by atoms with Crippen molar-refractivity contribution in [3.05, 3.63) is 22.7 Å². The molecular weight excluding hydrogens is 270 g/mol. The molecule has 1 atom stereocenters. The Morgan fingerprint density at radius 1 is 1.37 bits per heavy atom. The van der Waals surface area contributed by atoms with Crippen molar-refractivity contribution in [2.24, 2.45) is 0 Å². The number of amides is 2. The molecule has 2 N–H and O–H groups in total. The summed E-state index contributed by atoms with van der Waals surface area (Å²) in [6.45, 7) is 0. The number of hydrogen-bond donors (Lipinski definition) is 2. The lowest BCUT2D eigenvalue weighted by molar-refractivity contribution is 0.217. The van der Waals surface area contributed by atoms with Crippen LogP contribution in [0.25, 0.3) is 0 Å². The zero-order chi connectivity index (χ0) is 14.2. The van der Waals surface area contributed by atoms with Gasteiger partial charge in [-0.15, -0.1) is 0 Å². The van der Waals surface area contributed by atoms with Gasteiger partial charge in [-0.05, 0) is 6.07 Å². The van der Waals surface area contributed by atoms with Gasteiger partial charge in [0.15, 0.2) is 11.5 Å². The van der Waals surface area contributed by atoms with Crippen molar-refractivity contribution in [1.29, 1.82) is 5.41 Å². The van der Waals surface area contributed by atoms with Gasteiger partial charge in [-0.25, -0.2) is 4.79 Å². The summed E-state index contributed by atoms with van der Waals surface area (Å²) in [6, 6.07) is 2.55. The van der Waals surface area contributed by atoms with E-state index in [9.17, 15) is 4.79 Å². The number of carbonyl (C=O) groups excluding carboxylic acids is 1. The fourth-order valence-electron chi connectivity index (χ4n) is 2.06. The molecule has 1 aliphatic heterocycles. The van der Waals surface area contributed by atoms with Crippen LogP contribution in [0.2, 0.25) is 5.02 Å². The van der Waals surface area contributed by atoms with Crippen LogP contribution < -0.4 is 14.8 Å². The molecule has 0 aliphatic carbocycles. The average molecular weight is 284 g/mol. The standard InChI is InChI=1S/C12H14ClN3O3/c1-16-9(11(14)15-12(16)17)6-4-5-7(18-2)10(19-3)8(6)13/h4-5,9H,1-3H3,(H2,14,15,17). The number of benzene rings is 1. The van der Waals surface area contributed by atoms with E-state index in [-0.39, 0.29) is 11.9 Å². The van der Waals surface area contributed by atoms with Gasteiger partial charge < -0.3 is 14.4 Å². The molecule has 0 aromatic heterocycles. The van der Waals surface area contributed by atoms with E-state index in [4.69, 9.17) is 26.5 Å². The normalized spacial score (nSPS) is 18.5.